The molecule has 3 N–H and O–H groups in total. The van der Waals surface area contributed by atoms with Crippen LogP contribution in [0.25, 0.3) is 0 Å². The van der Waals surface area contributed by atoms with Crippen molar-refractivity contribution >= 4 is 41.0 Å². The third-order valence-electron chi connectivity index (χ3n) is 3.95. The van der Waals surface area contributed by atoms with Crippen LogP contribution in [0, 0.1) is 5.41 Å². The molecule has 7 heteroatoms. The summed E-state index contributed by atoms with van der Waals surface area (Å²) < 4.78 is -0.457. The minimum atomic E-state index is -0.681. The van der Waals surface area contributed by atoms with E-state index in [1.807, 2.05) is 34.6 Å². The van der Waals surface area contributed by atoms with Crippen LogP contribution in [0.5, 0.6) is 0 Å². The number of hydrogen-bond acceptors (Lipinski definition) is 3. The number of hydrogen-bond donors (Lipinski definition) is 2. The Hall–Kier alpha value is -1.40. The standard InChI is InChI=1S/C17H24ClN3O2S/c1-16(2,3)14-21(12(13(19)22)17(4,5)24-14)15(23)20-11-8-6-10(18)7-9-11/h6-9,12,14H,1-5H3,(H2,19,22)(H,20,23). The molecule has 2 rings (SSSR count). The van der Waals surface area contributed by atoms with Gasteiger partial charge in [-0.2, -0.15) is 0 Å². The van der Waals surface area contributed by atoms with Crippen molar-refractivity contribution in [1.29, 1.82) is 0 Å². The van der Waals surface area contributed by atoms with Crippen molar-refractivity contribution in [2.24, 2.45) is 11.1 Å². The molecule has 0 radical (unpaired) electrons. The number of carbonyl (C=O) groups excluding carboxylic acids is 2. The number of nitrogens with one attached hydrogen (secondary N) is 1. The van der Waals surface area contributed by atoms with Gasteiger partial charge in [-0.25, -0.2) is 4.79 Å². The van der Waals surface area contributed by atoms with Gasteiger partial charge < -0.3 is 11.1 Å². The van der Waals surface area contributed by atoms with Crippen molar-refractivity contribution in [2.75, 3.05) is 5.32 Å². The second kappa shape index (κ2) is 6.48. The van der Waals surface area contributed by atoms with Crippen LogP contribution < -0.4 is 11.1 Å². The molecule has 0 saturated carbocycles. The summed E-state index contributed by atoms with van der Waals surface area (Å²) in [6.45, 7) is 10.0. The SMILES string of the molecule is CC(C)(C)C1SC(C)(C)C(C(N)=O)N1C(=O)Nc1ccc(Cl)cc1. The molecule has 132 valence electrons. The molecule has 2 unspecified atom stereocenters. The van der Waals surface area contributed by atoms with E-state index in [0.717, 1.165) is 0 Å². The molecule has 3 amide bonds. The van der Waals surface area contributed by atoms with Crippen molar-refractivity contribution in [1.82, 2.24) is 4.90 Å². The molecule has 1 aliphatic rings. The molecule has 0 bridgehead atoms. The molecule has 1 fully saturated rings. The largest absolute Gasteiger partial charge is 0.368 e. The summed E-state index contributed by atoms with van der Waals surface area (Å²) in [6, 6.07) is 5.83. The minimum absolute atomic E-state index is 0.169. The molecule has 1 aromatic rings. The van der Waals surface area contributed by atoms with E-state index in [4.69, 9.17) is 17.3 Å². The average Bonchev–Trinajstić information content (AvgIpc) is 2.73. The average molecular weight is 370 g/mol. The quantitative estimate of drug-likeness (QED) is 0.829. The molecule has 0 spiro atoms. The van der Waals surface area contributed by atoms with Crippen LogP contribution in [0.1, 0.15) is 34.6 Å². The third kappa shape index (κ3) is 3.81. The first-order chi connectivity index (χ1) is 10.9. The number of rotatable bonds is 2. The van der Waals surface area contributed by atoms with Gasteiger partial charge in [-0.3, -0.25) is 9.69 Å². The van der Waals surface area contributed by atoms with E-state index in [0.29, 0.717) is 10.7 Å². The summed E-state index contributed by atoms with van der Waals surface area (Å²) in [7, 11) is 0. The number of carbonyl (C=O) groups is 2. The predicted molar refractivity (Wildman–Crippen MR) is 100 cm³/mol. The van der Waals surface area contributed by atoms with Crippen molar-refractivity contribution in [2.45, 2.75) is 50.8 Å². The van der Waals surface area contributed by atoms with Gasteiger partial charge in [0.05, 0.1) is 5.37 Å². The van der Waals surface area contributed by atoms with E-state index >= 15 is 0 Å². The summed E-state index contributed by atoms with van der Waals surface area (Å²) >= 11 is 7.48. The first kappa shape index (κ1) is 18.9. The maximum Gasteiger partial charge on any atom is 0.323 e. The zero-order valence-electron chi connectivity index (χ0n) is 14.6. The highest BCUT2D eigenvalue weighted by atomic mass is 35.5. The number of nitrogens with two attached hydrogens (primary N) is 1. The second-order valence-electron chi connectivity index (χ2n) is 7.59. The van der Waals surface area contributed by atoms with Gasteiger partial charge in [0.2, 0.25) is 5.91 Å². The zero-order valence-corrected chi connectivity index (χ0v) is 16.2. The van der Waals surface area contributed by atoms with Crippen LogP contribution >= 0.6 is 23.4 Å². The van der Waals surface area contributed by atoms with Gasteiger partial charge in [-0.1, -0.05) is 32.4 Å². The lowest BCUT2D eigenvalue weighted by molar-refractivity contribution is -0.123. The Bertz CT molecular complexity index is 640. The number of thioether (sulfide) groups is 1. The smallest absolute Gasteiger partial charge is 0.323 e. The maximum absolute atomic E-state index is 12.9. The van der Waals surface area contributed by atoms with E-state index in [1.165, 1.54) is 0 Å². The van der Waals surface area contributed by atoms with Crippen LogP contribution in [0.15, 0.2) is 24.3 Å². The highest BCUT2D eigenvalue weighted by Crippen LogP contribution is 2.50. The molecule has 24 heavy (non-hydrogen) atoms. The van der Waals surface area contributed by atoms with E-state index in [9.17, 15) is 9.59 Å². The number of halogens is 1. The summed E-state index contributed by atoms with van der Waals surface area (Å²) in [6.07, 6.45) is 0. The first-order valence-corrected chi connectivity index (χ1v) is 9.01. The van der Waals surface area contributed by atoms with Crippen LogP contribution in [0.2, 0.25) is 5.02 Å². The molecule has 1 heterocycles. The highest BCUT2D eigenvalue weighted by Gasteiger charge is 2.55. The van der Waals surface area contributed by atoms with Crippen LogP contribution in [-0.4, -0.2) is 33.0 Å². The van der Waals surface area contributed by atoms with Crippen LogP contribution in [0.3, 0.4) is 0 Å². The van der Waals surface area contributed by atoms with Crippen molar-refractivity contribution < 1.29 is 9.59 Å². The van der Waals surface area contributed by atoms with Gasteiger partial charge in [0.15, 0.2) is 0 Å². The van der Waals surface area contributed by atoms with Crippen molar-refractivity contribution in [3.8, 4) is 0 Å². The summed E-state index contributed by atoms with van der Waals surface area (Å²) in [5.74, 6) is -0.495. The van der Waals surface area contributed by atoms with E-state index in [1.54, 1.807) is 40.9 Å². The number of primary amides is 1. The molecule has 5 nitrogen and oxygen atoms in total. The van der Waals surface area contributed by atoms with Crippen molar-refractivity contribution in [3.63, 3.8) is 0 Å². The lowest BCUT2D eigenvalue weighted by atomic mass is 9.93. The predicted octanol–water partition coefficient (Wildman–Crippen LogP) is 3.93. The summed E-state index contributed by atoms with van der Waals surface area (Å²) in [5.41, 5.74) is 6.04. The van der Waals surface area contributed by atoms with Gasteiger partial charge >= 0.3 is 6.03 Å². The Kier molecular flexibility index (Phi) is 5.11. The van der Waals surface area contributed by atoms with E-state index in [-0.39, 0.29) is 16.8 Å². The topological polar surface area (TPSA) is 75.4 Å². The third-order valence-corrected chi connectivity index (χ3v) is 6.19. The number of nitrogens with zero attached hydrogens (tertiary/aromatic N) is 1. The molecule has 0 aliphatic carbocycles. The Balaban J connectivity index is 2.35. The summed E-state index contributed by atoms with van der Waals surface area (Å²) in [4.78, 5) is 26.6. The van der Waals surface area contributed by atoms with Crippen molar-refractivity contribution in [3.05, 3.63) is 29.3 Å². The fraction of sp³-hybridized carbons (Fsp3) is 0.529. The fourth-order valence-electron chi connectivity index (χ4n) is 2.90. The number of benzene rings is 1. The van der Waals surface area contributed by atoms with Gasteiger partial charge in [0.25, 0.3) is 0 Å². The number of urea groups is 1. The lowest BCUT2D eigenvalue weighted by Crippen LogP contribution is -2.56. The monoisotopic (exact) mass is 369 g/mol. The maximum atomic E-state index is 12.9. The normalized spacial score (nSPS) is 23.2. The number of anilines is 1. The van der Waals surface area contributed by atoms with Gasteiger partial charge in [0.1, 0.15) is 6.04 Å². The van der Waals surface area contributed by atoms with E-state index < -0.39 is 16.7 Å². The van der Waals surface area contributed by atoms with E-state index in [2.05, 4.69) is 5.32 Å². The van der Waals surface area contributed by atoms with Gasteiger partial charge in [0, 0.05) is 15.5 Å². The van der Waals surface area contributed by atoms with Crippen LogP contribution in [-0.2, 0) is 4.79 Å². The highest BCUT2D eigenvalue weighted by molar-refractivity contribution is 8.01. The Labute approximate surface area is 152 Å². The molecule has 0 aromatic heterocycles. The zero-order chi connectivity index (χ0) is 18.3. The van der Waals surface area contributed by atoms with Crippen LogP contribution in [0.4, 0.5) is 10.5 Å². The first-order valence-electron chi connectivity index (χ1n) is 7.75. The Morgan fingerprint density at radius 2 is 1.79 bits per heavy atom. The molecule has 2 atom stereocenters. The fourth-order valence-corrected chi connectivity index (χ4v) is 4.64. The molecular weight excluding hydrogens is 346 g/mol. The second-order valence-corrected chi connectivity index (χ2v) is 9.76. The molecule has 1 aromatic carbocycles. The molecule has 1 saturated heterocycles. The summed E-state index contributed by atoms with van der Waals surface area (Å²) in [5, 5.41) is 3.27. The minimum Gasteiger partial charge on any atom is -0.368 e. The Morgan fingerprint density at radius 1 is 1.25 bits per heavy atom. The molecular formula is C17H24ClN3O2S. The van der Waals surface area contributed by atoms with Gasteiger partial charge in [-0.15, -0.1) is 11.8 Å². The molecule has 1 aliphatic heterocycles. The lowest BCUT2D eigenvalue weighted by Gasteiger charge is -2.36. The Morgan fingerprint density at radius 3 is 2.25 bits per heavy atom. The van der Waals surface area contributed by atoms with Gasteiger partial charge in [-0.05, 0) is 43.5 Å². The number of amides is 3.